The fourth-order valence-corrected chi connectivity index (χ4v) is 1.72. The maximum atomic E-state index is 11.2. The van der Waals surface area contributed by atoms with Crippen LogP contribution in [0.5, 0.6) is 0 Å². The van der Waals surface area contributed by atoms with E-state index in [4.69, 9.17) is 4.74 Å². The first-order chi connectivity index (χ1) is 7.20. The van der Waals surface area contributed by atoms with Gasteiger partial charge in [0, 0.05) is 25.5 Å². The predicted molar refractivity (Wildman–Crippen MR) is 59.1 cm³/mol. The molecule has 0 fully saturated rings. The van der Waals surface area contributed by atoms with E-state index in [2.05, 4.69) is 5.32 Å². The van der Waals surface area contributed by atoms with Gasteiger partial charge >= 0.3 is 0 Å². The largest absolute Gasteiger partial charge is 0.364 e. The van der Waals surface area contributed by atoms with Crippen LogP contribution in [0.25, 0.3) is 0 Å². The Morgan fingerprint density at radius 2 is 2.33 bits per heavy atom. The lowest BCUT2D eigenvalue weighted by molar-refractivity contribution is -0.115. The summed E-state index contributed by atoms with van der Waals surface area (Å²) < 4.78 is 5.04. The summed E-state index contributed by atoms with van der Waals surface area (Å²) >= 11 is 0. The molecule has 0 spiro atoms. The minimum absolute atomic E-state index is 0.0662. The van der Waals surface area contributed by atoms with Gasteiger partial charge < -0.3 is 15.0 Å². The van der Waals surface area contributed by atoms with E-state index in [0.717, 1.165) is 16.9 Å². The summed E-state index contributed by atoms with van der Waals surface area (Å²) in [4.78, 5) is 13.1. The summed E-state index contributed by atoms with van der Waals surface area (Å²) in [6.45, 7) is 0.542. The van der Waals surface area contributed by atoms with Crippen molar-refractivity contribution in [2.75, 3.05) is 31.1 Å². The van der Waals surface area contributed by atoms with Gasteiger partial charge in [0.25, 0.3) is 0 Å². The van der Waals surface area contributed by atoms with E-state index >= 15 is 0 Å². The number of nitrogens with zero attached hydrogens (tertiary/aromatic N) is 1. The molecular formula is C11H14N2O2. The summed E-state index contributed by atoms with van der Waals surface area (Å²) in [5, 5.41) is 2.81. The highest BCUT2D eigenvalue weighted by molar-refractivity contribution is 5.99. The van der Waals surface area contributed by atoms with Gasteiger partial charge in [0.2, 0.25) is 5.91 Å². The molecule has 1 aliphatic heterocycles. The lowest BCUT2D eigenvalue weighted by Gasteiger charge is -2.18. The first kappa shape index (κ1) is 9.98. The van der Waals surface area contributed by atoms with Crippen molar-refractivity contribution < 1.29 is 9.53 Å². The molecule has 15 heavy (non-hydrogen) atoms. The molecule has 0 saturated heterocycles. The number of fused-ring (bicyclic) bond motifs is 1. The number of anilines is 2. The zero-order chi connectivity index (χ0) is 10.8. The highest BCUT2D eigenvalue weighted by Crippen LogP contribution is 2.27. The summed E-state index contributed by atoms with van der Waals surface area (Å²) in [5.41, 5.74) is 3.04. The van der Waals surface area contributed by atoms with Crippen LogP contribution in [0.2, 0.25) is 0 Å². The third-order valence-electron chi connectivity index (χ3n) is 2.48. The average Bonchev–Trinajstić information content (AvgIpc) is 2.57. The van der Waals surface area contributed by atoms with Gasteiger partial charge in [-0.05, 0) is 23.8 Å². The molecular weight excluding hydrogens is 192 g/mol. The molecule has 1 aromatic carbocycles. The third-order valence-corrected chi connectivity index (χ3v) is 2.48. The summed E-state index contributed by atoms with van der Waals surface area (Å²) in [6.07, 6.45) is 0.476. The minimum Gasteiger partial charge on any atom is -0.364 e. The summed E-state index contributed by atoms with van der Waals surface area (Å²) in [7, 11) is 3.62. The van der Waals surface area contributed by atoms with Crippen LogP contribution in [0.1, 0.15) is 5.56 Å². The number of ether oxygens (including phenoxy) is 1. The second-order valence-corrected chi connectivity index (χ2v) is 3.68. The van der Waals surface area contributed by atoms with Crippen molar-refractivity contribution >= 4 is 17.3 Å². The molecule has 0 unspecified atom stereocenters. The van der Waals surface area contributed by atoms with Crippen molar-refractivity contribution in [2.24, 2.45) is 0 Å². The van der Waals surface area contributed by atoms with E-state index in [9.17, 15) is 4.79 Å². The van der Waals surface area contributed by atoms with Gasteiger partial charge in [0.1, 0.15) is 6.73 Å². The summed E-state index contributed by atoms with van der Waals surface area (Å²) in [5.74, 6) is 0.0662. The molecule has 1 heterocycles. The molecule has 80 valence electrons. The number of hydrogen-bond acceptors (Lipinski definition) is 3. The van der Waals surface area contributed by atoms with Crippen LogP contribution >= 0.6 is 0 Å². The van der Waals surface area contributed by atoms with Crippen LogP contribution < -0.4 is 10.2 Å². The van der Waals surface area contributed by atoms with Crippen molar-refractivity contribution in [2.45, 2.75) is 6.42 Å². The predicted octanol–water partition coefficient (Wildman–Crippen LogP) is 1.22. The molecule has 0 radical (unpaired) electrons. The minimum atomic E-state index is 0.0662. The molecule has 0 bridgehead atoms. The number of carbonyl (C=O) groups is 1. The van der Waals surface area contributed by atoms with Crippen LogP contribution in [-0.2, 0) is 16.0 Å². The number of rotatable bonds is 3. The van der Waals surface area contributed by atoms with Crippen molar-refractivity contribution in [3.8, 4) is 0 Å². The van der Waals surface area contributed by atoms with Crippen molar-refractivity contribution in [3.63, 3.8) is 0 Å². The van der Waals surface area contributed by atoms with E-state index < -0.39 is 0 Å². The molecule has 1 aliphatic rings. The molecule has 0 aliphatic carbocycles. The zero-order valence-corrected chi connectivity index (χ0v) is 8.91. The van der Waals surface area contributed by atoms with E-state index in [1.807, 2.05) is 30.1 Å². The third kappa shape index (κ3) is 1.94. The summed E-state index contributed by atoms with van der Waals surface area (Å²) in [6, 6.07) is 5.93. The van der Waals surface area contributed by atoms with Crippen molar-refractivity contribution in [3.05, 3.63) is 23.8 Å². The SMILES string of the molecule is COCN(C)c1ccc2c(c1)CC(=O)N2. The number of carbonyl (C=O) groups excluding carboxylic acids is 1. The molecule has 1 N–H and O–H groups in total. The maximum Gasteiger partial charge on any atom is 0.228 e. The number of amides is 1. The molecule has 4 heteroatoms. The maximum absolute atomic E-state index is 11.2. The number of benzene rings is 1. The Morgan fingerprint density at radius 1 is 1.53 bits per heavy atom. The highest BCUT2D eigenvalue weighted by Gasteiger charge is 2.17. The normalized spacial score (nSPS) is 13.6. The second kappa shape index (κ2) is 3.90. The monoisotopic (exact) mass is 206 g/mol. The Labute approximate surface area is 88.8 Å². The Kier molecular flexibility index (Phi) is 2.60. The second-order valence-electron chi connectivity index (χ2n) is 3.68. The number of methoxy groups -OCH3 is 1. The molecule has 0 saturated carbocycles. The topological polar surface area (TPSA) is 41.6 Å². The first-order valence-corrected chi connectivity index (χ1v) is 4.83. The molecule has 1 aromatic rings. The quantitative estimate of drug-likeness (QED) is 0.756. The van der Waals surface area contributed by atoms with E-state index in [0.29, 0.717) is 13.2 Å². The van der Waals surface area contributed by atoms with Crippen molar-refractivity contribution in [1.29, 1.82) is 0 Å². The molecule has 2 rings (SSSR count). The average molecular weight is 206 g/mol. The van der Waals surface area contributed by atoms with Gasteiger partial charge in [0.05, 0.1) is 6.42 Å². The zero-order valence-electron chi connectivity index (χ0n) is 8.91. The number of hydrogen-bond donors (Lipinski definition) is 1. The number of nitrogens with one attached hydrogen (secondary N) is 1. The highest BCUT2D eigenvalue weighted by atomic mass is 16.5. The van der Waals surface area contributed by atoms with Crippen LogP contribution in [-0.4, -0.2) is 26.8 Å². The Hall–Kier alpha value is -1.55. The lowest BCUT2D eigenvalue weighted by Crippen LogP contribution is -2.19. The Morgan fingerprint density at radius 3 is 3.07 bits per heavy atom. The van der Waals surface area contributed by atoms with E-state index in [1.165, 1.54) is 0 Å². The van der Waals surface area contributed by atoms with Gasteiger partial charge in [-0.15, -0.1) is 0 Å². The lowest BCUT2D eigenvalue weighted by atomic mass is 10.1. The fraction of sp³-hybridized carbons (Fsp3) is 0.364. The van der Waals surface area contributed by atoms with Gasteiger partial charge in [-0.25, -0.2) is 0 Å². The van der Waals surface area contributed by atoms with E-state index in [1.54, 1.807) is 7.11 Å². The van der Waals surface area contributed by atoms with Crippen LogP contribution in [0, 0.1) is 0 Å². The standard InChI is InChI=1S/C11H14N2O2/c1-13(7-15-2)9-3-4-10-8(5-9)6-11(14)12-10/h3-5H,6-7H2,1-2H3,(H,12,14). The Bertz CT molecular complexity index is 390. The van der Waals surface area contributed by atoms with Gasteiger partial charge in [-0.1, -0.05) is 0 Å². The van der Waals surface area contributed by atoms with E-state index in [-0.39, 0.29) is 5.91 Å². The van der Waals surface area contributed by atoms with Gasteiger partial charge in [-0.3, -0.25) is 4.79 Å². The molecule has 0 atom stereocenters. The first-order valence-electron chi connectivity index (χ1n) is 4.83. The van der Waals surface area contributed by atoms with Crippen molar-refractivity contribution in [1.82, 2.24) is 0 Å². The Balaban J connectivity index is 2.23. The molecule has 1 amide bonds. The fourth-order valence-electron chi connectivity index (χ4n) is 1.72. The molecule has 0 aromatic heterocycles. The smallest absolute Gasteiger partial charge is 0.228 e. The van der Waals surface area contributed by atoms with Crippen LogP contribution in [0.4, 0.5) is 11.4 Å². The van der Waals surface area contributed by atoms with Crippen LogP contribution in [0.3, 0.4) is 0 Å². The van der Waals surface area contributed by atoms with Crippen LogP contribution in [0.15, 0.2) is 18.2 Å². The van der Waals surface area contributed by atoms with Gasteiger partial charge in [0.15, 0.2) is 0 Å². The molecule has 4 nitrogen and oxygen atoms in total. The van der Waals surface area contributed by atoms with Gasteiger partial charge in [-0.2, -0.15) is 0 Å².